The molecule has 3 aromatic rings. The third-order valence-corrected chi connectivity index (χ3v) is 6.82. The lowest BCUT2D eigenvalue weighted by Crippen LogP contribution is -2.32. The SMILES string of the molecule is O=c1[nH]c(CN(CC(O)c2ccccc2)C2CC2)nc2sc3c(c12)CCC3. The van der Waals surface area contributed by atoms with Gasteiger partial charge in [0, 0.05) is 17.5 Å². The van der Waals surface area contributed by atoms with Crippen LogP contribution in [0.3, 0.4) is 0 Å². The Morgan fingerprint density at radius 1 is 1.26 bits per heavy atom. The molecule has 0 aliphatic heterocycles. The second-order valence-corrected chi connectivity index (χ2v) is 8.72. The predicted molar refractivity (Wildman–Crippen MR) is 107 cm³/mol. The van der Waals surface area contributed by atoms with Crippen molar-refractivity contribution in [2.75, 3.05) is 6.54 Å². The molecule has 27 heavy (non-hydrogen) atoms. The van der Waals surface area contributed by atoms with Crippen molar-refractivity contribution >= 4 is 21.6 Å². The summed E-state index contributed by atoms with van der Waals surface area (Å²) in [6.07, 6.45) is 4.96. The molecular formula is C21H23N3O2S. The molecule has 0 spiro atoms. The Kier molecular flexibility index (Phi) is 4.34. The average Bonchev–Trinajstić information content (AvgIpc) is 3.32. The van der Waals surface area contributed by atoms with Gasteiger partial charge in [-0.05, 0) is 43.2 Å². The van der Waals surface area contributed by atoms with Crippen molar-refractivity contribution in [3.63, 3.8) is 0 Å². The van der Waals surface area contributed by atoms with Crippen molar-refractivity contribution in [1.82, 2.24) is 14.9 Å². The molecule has 6 heteroatoms. The van der Waals surface area contributed by atoms with Gasteiger partial charge in [-0.1, -0.05) is 30.3 Å². The van der Waals surface area contributed by atoms with E-state index >= 15 is 0 Å². The molecule has 0 amide bonds. The molecule has 5 nitrogen and oxygen atoms in total. The van der Waals surface area contributed by atoms with Crippen LogP contribution in [0.4, 0.5) is 0 Å². The van der Waals surface area contributed by atoms with Gasteiger partial charge in [0.1, 0.15) is 10.7 Å². The average molecular weight is 382 g/mol. The number of aliphatic hydroxyl groups is 1. The van der Waals surface area contributed by atoms with Crippen LogP contribution in [0, 0.1) is 0 Å². The van der Waals surface area contributed by atoms with Crippen molar-refractivity contribution in [1.29, 1.82) is 0 Å². The Bertz CT molecular complexity index is 1020. The number of thiophene rings is 1. The van der Waals surface area contributed by atoms with E-state index in [1.165, 1.54) is 10.4 Å². The van der Waals surface area contributed by atoms with Gasteiger partial charge in [-0.25, -0.2) is 4.98 Å². The van der Waals surface area contributed by atoms with Gasteiger partial charge in [-0.3, -0.25) is 9.69 Å². The van der Waals surface area contributed by atoms with E-state index in [0.717, 1.165) is 47.9 Å². The number of hydrogen-bond acceptors (Lipinski definition) is 5. The minimum Gasteiger partial charge on any atom is -0.387 e. The van der Waals surface area contributed by atoms with Crippen molar-refractivity contribution in [2.24, 2.45) is 0 Å². The second-order valence-electron chi connectivity index (χ2n) is 7.64. The van der Waals surface area contributed by atoms with Crippen molar-refractivity contribution in [3.8, 4) is 0 Å². The first-order chi connectivity index (χ1) is 13.2. The highest BCUT2D eigenvalue weighted by Gasteiger charge is 2.31. The highest BCUT2D eigenvalue weighted by molar-refractivity contribution is 7.18. The summed E-state index contributed by atoms with van der Waals surface area (Å²) in [6, 6.07) is 10.2. The summed E-state index contributed by atoms with van der Waals surface area (Å²) in [7, 11) is 0. The molecule has 2 heterocycles. The molecule has 2 aliphatic carbocycles. The summed E-state index contributed by atoms with van der Waals surface area (Å²) in [5, 5.41) is 11.4. The van der Waals surface area contributed by atoms with E-state index in [4.69, 9.17) is 4.98 Å². The topological polar surface area (TPSA) is 69.2 Å². The molecule has 1 unspecified atom stereocenters. The van der Waals surface area contributed by atoms with Gasteiger partial charge >= 0.3 is 0 Å². The molecule has 2 aromatic heterocycles. The number of aromatic nitrogens is 2. The first kappa shape index (κ1) is 17.1. The summed E-state index contributed by atoms with van der Waals surface area (Å²) in [6.45, 7) is 1.12. The molecule has 2 aliphatic rings. The lowest BCUT2D eigenvalue weighted by molar-refractivity contribution is 0.103. The summed E-state index contributed by atoms with van der Waals surface area (Å²) in [5.41, 5.74) is 2.14. The number of nitrogens with one attached hydrogen (secondary N) is 1. The summed E-state index contributed by atoms with van der Waals surface area (Å²) in [5.74, 6) is 0.708. The first-order valence-electron chi connectivity index (χ1n) is 9.69. The zero-order chi connectivity index (χ0) is 18.4. The molecule has 1 saturated carbocycles. The fourth-order valence-corrected chi connectivity index (χ4v) is 5.38. The number of H-pyrrole nitrogens is 1. The highest BCUT2D eigenvalue weighted by atomic mass is 32.1. The number of fused-ring (bicyclic) bond motifs is 3. The van der Waals surface area contributed by atoms with Gasteiger partial charge in [0.15, 0.2) is 0 Å². The lowest BCUT2D eigenvalue weighted by atomic mass is 10.1. The van der Waals surface area contributed by atoms with E-state index in [9.17, 15) is 9.90 Å². The van der Waals surface area contributed by atoms with E-state index in [2.05, 4.69) is 9.88 Å². The zero-order valence-corrected chi connectivity index (χ0v) is 16.0. The Hall–Kier alpha value is -2.02. The molecule has 0 saturated heterocycles. The second kappa shape index (κ2) is 6.86. The van der Waals surface area contributed by atoms with Crippen LogP contribution in [-0.4, -0.2) is 32.6 Å². The number of aryl methyl sites for hydroxylation is 2. The number of benzene rings is 1. The van der Waals surface area contributed by atoms with E-state index < -0.39 is 6.10 Å². The van der Waals surface area contributed by atoms with Crippen LogP contribution in [0.2, 0.25) is 0 Å². The van der Waals surface area contributed by atoms with Crippen molar-refractivity contribution < 1.29 is 5.11 Å². The van der Waals surface area contributed by atoms with Crippen LogP contribution in [-0.2, 0) is 19.4 Å². The number of aliphatic hydroxyl groups excluding tert-OH is 1. The van der Waals surface area contributed by atoms with Gasteiger partial charge < -0.3 is 10.1 Å². The fourth-order valence-electron chi connectivity index (χ4n) is 4.10. The van der Waals surface area contributed by atoms with E-state index in [1.807, 2.05) is 30.3 Å². The molecule has 0 bridgehead atoms. The number of hydrogen-bond donors (Lipinski definition) is 2. The maximum atomic E-state index is 12.7. The van der Waals surface area contributed by atoms with Crippen molar-refractivity contribution in [2.45, 2.75) is 50.8 Å². The maximum Gasteiger partial charge on any atom is 0.259 e. The minimum atomic E-state index is -0.534. The van der Waals surface area contributed by atoms with Crippen LogP contribution < -0.4 is 5.56 Å². The molecule has 2 N–H and O–H groups in total. The Morgan fingerprint density at radius 2 is 2.07 bits per heavy atom. The third-order valence-electron chi connectivity index (χ3n) is 5.63. The Labute approximate surface area is 161 Å². The molecule has 5 rings (SSSR count). The summed E-state index contributed by atoms with van der Waals surface area (Å²) >= 11 is 1.68. The maximum absolute atomic E-state index is 12.7. The predicted octanol–water partition coefficient (Wildman–Crippen LogP) is 3.17. The lowest BCUT2D eigenvalue weighted by Gasteiger charge is -2.24. The summed E-state index contributed by atoms with van der Waals surface area (Å²) < 4.78 is 0. The first-order valence-corrected chi connectivity index (χ1v) is 10.5. The fraction of sp³-hybridized carbons (Fsp3) is 0.429. The molecule has 1 atom stereocenters. The largest absolute Gasteiger partial charge is 0.387 e. The van der Waals surface area contributed by atoms with Gasteiger partial charge in [0.05, 0.1) is 18.0 Å². The van der Waals surface area contributed by atoms with Crippen LogP contribution in [0.15, 0.2) is 35.1 Å². The van der Waals surface area contributed by atoms with Crippen LogP contribution in [0.5, 0.6) is 0 Å². The number of nitrogens with zero attached hydrogens (tertiary/aromatic N) is 2. The third kappa shape index (κ3) is 3.33. The van der Waals surface area contributed by atoms with Crippen LogP contribution in [0.1, 0.15) is 47.2 Å². The standard InChI is InChI=1S/C21H23N3O2S/c25-16(13-5-2-1-3-6-13)11-24(14-9-10-14)12-18-22-20(26)19-15-7-4-8-17(15)27-21(19)23-18/h1-3,5-6,14,16,25H,4,7-12H2,(H,22,23,26). The Balaban J connectivity index is 1.40. The van der Waals surface area contributed by atoms with Crippen LogP contribution >= 0.6 is 11.3 Å². The van der Waals surface area contributed by atoms with E-state index in [-0.39, 0.29) is 5.56 Å². The Morgan fingerprint density at radius 3 is 2.85 bits per heavy atom. The quantitative estimate of drug-likeness (QED) is 0.688. The normalized spacial score (nSPS) is 17.6. The monoisotopic (exact) mass is 381 g/mol. The van der Waals surface area contributed by atoms with E-state index in [0.29, 0.717) is 25.0 Å². The van der Waals surface area contributed by atoms with Crippen LogP contribution in [0.25, 0.3) is 10.2 Å². The minimum absolute atomic E-state index is 0.00578. The molecule has 0 radical (unpaired) electrons. The summed E-state index contributed by atoms with van der Waals surface area (Å²) in [4.78, 5) is 24.9. The zero-order valence-electron chi connectivity index (χ0n) is 15.1. The van der Waals surface area contributed by atoms with Gasteiger partial charge in [0.25, 0.3) is 5.56 Å². The van der Waals surface area contributed by atoms with Gasteiger partial charge in [-0.15, -0.1) is 11.3 Å². The van der Waals surface area contributed by atoms with Gasteiger partial charge in [-0.2, -0.15) is 0 Å². The highest BCUT2D eigenvalue weighted by Crippen LogP contribution is 2.35. The van der Waals surface area contributed by atoms with E-state index in [1.54, 1.807) is 11.3 Å². The smallest absolute Gasteiger partial charge is 0.259 e. The number of rotatable bonds is 6. The number of aromatic amines is 1. The molecule has 1 fully saturated rings. The molecule has 1 aromatic carbocycles. The molecule has 140 valence electrons. The van der Waals surface area contributed by atoms with Crippen molar-refractivity contribution in [3.05, 3.63) is 62.5 Å². The molecular weight excluding hydrogens is 358 g/mol. The van der Waals surface area contributed by atoms with Gasteiger partial charge in [0.2, 0.25) is 0 Å².